The van der Waals surface area contributed by atoms with Crippen molar-refractivity contribution in [2.75, 3.05) is 39.3 Å². The first-order valence-corrected chi connectivity index (χ1v) is 10.4. The molecule has 2 aliphatic rings. The number of nitriles is 1. The van der Waals surface area contributed by atoms with E-state index >= 15 is 0 Å². The van der Waals surface area contributed by atoms with Crippen LogP contribution in [0, 0.1) is 11.3 Å². The van der Waals surface area contributed by atoms with Gasteiger partial charge in [0.25, 0.3) is 0 Å². The molecule has 2 fully saturated rings. The van der Waals surface area contributed by atoms with Crippen LogP contribution in [-0.4, -0.2) is 78.1 Å². The summed E-state index contributed by atoms with van der Waals surface area (Å²) in [5.41, 5.74) is 1.93. The van der Waals surface area contributed by atoms with Gasteiger partial charge in [-0.2, -0.15) is 5.26 Å². The minimum atomic E-state index is -0.0904. The van der Waals surface area contributed by atoms with Gasteiger partial charge in [0.1, 0.15) is 0 Å². The van der Waals surface area contributed by atoms with Crippen molar-refractivity contribution in [1.29, 1.82) is 5.26 Å². The van der Waals surface area contributed by atoms with Gasteiger partial charge in [0.15, 0.2) is 0 Å². The average molecular weight is 385 g/mol. The second-order valence-corrected chi connectivity index (χ2v) is 8.15. The van der Waals surface area contributed by atoms with Crippen LogP contribution in [0.1, 0.15) is 38.3 Å². The maximum atomic E-state index is 13.0. The summed E-state index contributed by atoms with van der Waals surface area (Å²) in [6, 6.07) is 9.91. The first kappa shape index (κ1) is 20.8. The van der Waals surface area contributed by atoms with Gasteiger partial charge >= 0.3 is 0 Å². The molecule has 152 valence electrons. The van der Waals surface area contributed by atoms with Crippen molar-refractivity contribution in [3.63, 3.8) is 0 Å². The van der Waals surface area contributed by atoms with Crippen LogP contribution < -0.4 is 0 Å². The van der Waals surface area contributed by atoms with Gasteiger partial charge in [-0.25, -0.2) is 0 Å². The lowest BCUT2D eigenvalue weighted by Gasteiger charge is -2.38. The van der Waals surface area contributed by atoms with Crippen LogP contribution in [0.15, 0.2) is 24.3 Å². The highest BCUT2D eigenvalue weighted by atomic mass is 16.5. The molecular formula is C22H32N4O2. The van der Waals surface area contributed by atoms with E-state index in [1.165, 1.54) is 5.56 Å². The monoisotopic (exact) mass is 384 g/mol. The third kappa shape index (κ3) is 5.32. The minimum Gasteiger partial charge on any atom is -0.372 e. The van der Waals surface area contributed by atoms with Crippen LogP contribution in [0.3, 0.4) is 0 Å². The standard InChI is InChI=1S/C22H32N4O2/c1-17-14-26(15-18(2)28-17)22(27)19(3)25-10-4-9-24(11-12-25)16-21-7-5-20(13-23)6-8-21/h5-8,17-19H,4,9-12,14-16H2,1-3H3. The Balaban J connectivity index is 1.53. The molecular weight excluding hydrogens is 352 g/mol. The fourth-order valence-corrected chi connectivity index (χ4v) is 4.26. The molecule has 0 radical (unpaired) electrons. The number of hydrogen-bond donors (Lipinski definition) is 0. The van der Waals surface area contributed by atoms with Gasteiger partial charge in [-0.05, 0) is 51.4 Å². The summed E-state index contributed by atoms with van der Waals surface area (Å²) >= 11 is 0. The summed E-state index contributed by atoms with van der Waals surface area (Å²) in [5, 5.41) is 8.93. The number of morpholine rings is 1. The predicted octanol–water partition coefficient (Wildman–Crippen LogP) is 2.09. The van der Waals surface area contributed by atoms with Crippen LogP contribution in [-0.2, 0) is 16.1 Å². The zero-order valence-corrected chi connectivity index (χ0v) is 17.3. The SMILES string of the molecule is CC1CN(C(=O)C(C)N2CCCN(Cc3ccc(C#N)cc3)CC2)CC(C)O1. The Kier molecular flexibility index (Phi) is 7.06. The number of carbonyl (C=O) groups excluding carboxylic acids is 1. The molecule has 0 aliphatic carbocycles. The molecule has 1 aromatic rings. The van der Waals surface area contributed by atoms with Crippen molar-refractivity contribution in [2.45, 2.75) is 52.0 Å². The van der Waals surface area contributed by atoms with E-state index in [4.69, 9.17) is 10.00 Å². The van der Waals surface area contributed by atoms with E-state index < -0.39 is 0 Å². The molecule has 0 spiro atoms. The zero-order valence-electron chi connectivity index (χ0n) is 17.3. The van der Waals surface area contributed by atoms with E-state index in [1.807, 2.05) is 49.9 Å². The largest absolute Gasteiger partial charge is 0.372 e. The normalized spacial score (nSPS) is 25.7. The Hall–Kier alpha value is -1.94. The number of benzene rings is 1. The fraction of sp³-hybridized carbons (Fsp3) is 0.636. The lowest BCUT2D eigenvalue weighted by atomic mass is 10.1. The molecule has 0 bridgehead atoms. The summed E-state index contributed by atoms with van der Waals surface area (Å²) in [7, 11) is 0. The number of amides is 1. The van der Waals surface area contributed by atoms with Crippen LogP contribution in [0.25, 0.3) is 0 Å². The summed E-state index contributed by atoms with van der Waals surface area (Å²) in [6.45, 7) is 12.2. The average Bonchev–Trinajstić information content (AvgIpc) is 2.92. The van der Waals surface area contributed by atoms with E-state index in [9.17, 15) is 4.79 Å². The molecule has 1 amide bonds. The van der Waals surface area contributed by atoms with E-state index in [1.54, 1.807) is 0 Å². The number of nitrogens with zero attached hydrogens (tertiary/aromatic N) is 4. The van der Waals surface area contributed by atoms with E-state index in [0.717, 1.165) is 39.1 Å². The van der Waals surface area contributed by atoms with Gasteiger partial charge in [0, 0.05) is 39.3 Å². The van der Waals surface area contributed by atoms with Gasteiger partial charge < -0.3 is 9.64 Å². The molecule has 0 N–H and O–H groups in total. The van der Waals surface area contributed by atoms with Gasteiger partial charge in [-0.15, -0.1) is 0 Å². The summed E-state index contributed by atoms with van der Waals surface area (Å²) in [4.78, 5) is 19.8. The van der Waals surface area contributed by atoms with Crippen molar-refractivity contribution in [3.05, 3.63) is 35.4 Å². The van der Waals surface area contributed by atoms with Crippen molar-refractivity contribution in [1.82, 2.24) is 14.7 Å². The maximum Gasteiger partial charge on any atom is 0.239 e. The predicted molar refractivity (Wildman–Crippen MR) is 109 cm³/mol. The second kappa shape index (κ2) is 9.51. The maximum absolute atomic E-state index is 13.0. The fourth-order valence-electron chi connectivity index (χ4n) is 4.26. The minimum absolute atomic E-state index is 0.0904. The highest BCUT2D eigenvalue weighted by molar-refractivity contribution is 5.81. The highest BCUT2D eigenvalue weighted by Crippen LogP contribution is 2.16. The van der Waals surface area contributed by atoms with Gasteiger partial charge in [0.2, 0.25) is 5.91 Å². The van der Waals surface area contributed by atoms with Crippen molar-refractivity contribution in [2.24, 2.45) is 0 Å². The number of hydrogen-bond acceptors (Lipinski definition) is 5. The molecule has 0 aromatic heterocycles. The molecule has 2 saturated heterocycles. The molecule has 6 nitrogen and oxygen atoms in total. The third-order valence-corrected chi connectivity index (χ3v) is 5.75. The Morgan fingerprint density at radius 3 is 2.46 bits per heavy atom. The molecule has 6 heteroatoms. The number of rotatable bonds is 4. The molecule has 28 heavy (non-hydrogen) atoms. The third-order valence-electron chi connectivity index (χ3n) is 5.75. The van der Waals surface area contributed by atoms with Crippen molar-refractivity contribution < 1.29 is 9.53 Å². The van der Waals surface area contributed by atoms with Gasteiger partial charge in [-0.3, -0.25) is 14.6 Å². The second-order valence-electron chi connectivity index (χ2n) is 8.15. The van der Waals surface area contributed by atoms with E-state index in [0.29, 0.717) is 18.7 Å². The van der Waals surface area contributed by atoms with Crippen LogP contribution >= 0.6 is 0 Å². The highest BCUT2D eigenvalue weighted by Gasteiger charge is 2.32. The quantitative estimate of drug-likeness (QED) is 0.796. The van der Waals surface area contributed by atoms with Crippen LogP contribution in [0.5, 0.6) is 0 Å². The van der Waals surface area contributed by atoms with E-state index in [2.05, 4.69) is 15.9 Å². The smallest absolute Gasteiger partial charge is 0.239 e. The Morgan fingerprint density at radius 1 is 1.14 bits per heavy atom. The van der Waals surface area contributed by atoms with Crippen LogP contribution in [0.4, 0.5) is 0 Å². The van der Waals surface area contributed by atoms with Gasteiger partial charge in [0.05, 0.1) is 29.9 Å². The summed E-state index contributed by atoms with van der Waals surface area (Å²) in [5.74, 6) is 0.225. The first-order chi connectivity index (χ1) is 13.5. The van der Waals surface area contributed by atoms with Crippen molar-refractivity contribution >= 4 is 5.91 Å². The number of carbonyl (C=O) groups is 1. The molecule has 1 aromatic carbocycles. The molecule has 3 atom stereocenters. The zero-order chi connectivity index (χ0) is 20.1. The van der Waals surface area contributed by atoms with Gasteiger partial charge in [-0.1, -0.05) is 12.1 Å². The topological polar surface area (TPSA) is 59.8 Å². The summed E-state index contributed by atoms with van der Waals surface area (Å²) < 4.78 is 5.76. The lowest BCUT2D eigenvalue weighted by molar-refractivity contribution is -0.148. The molecule has 2 aliphatic heterocycles. The van der Waals surface area contributed by atoms with E-state index in [-0.39, 0.29) is 24.2 Å². The molecule has 3 unspecified atom stereocenters. The Labute approximate surface area is 168 Å². The lowest BCUT2D eigenvalue weighted by Crippen LogP contribution is -2.54. The molecule has 0 saturated carbocycles. The molecule has 2 heterocycles. The first-order valence-electron chi connectivity index (χ1n) is 10.4. The number of ether oxygens (including phenoxy) is 1. The molecule has 3 rings (SSSR count). The Bertz CT molecular complexity index is 689. The van der Waals surface area contributed by atoms with Crippen molar-refractivity contribution in [3.8, 4) is 6.07 Å². The van der Waals surface area contributed by atoms with Crippen LogP contribution in [0.2, 0.25) is 0 Å². The Morgan fingerprint density at radius 2 is 1.82 bits per heavy atom. The summed E-state index contributed by atoms with van der Waals surface area (Å²) in [6.07, 6.45) is 1.27.